The zero-order valence-corrected chi connectivity index (χ0v) is 16.0. The second kappa shape index (κ2) is 6.07. The van der Waals surface area contributed by atoms with Crippen LogP contribution in [0.3, 0.4) is 0 Å². The second-order valence-corrected chi connectivity index (χ2v) is 8.72. The molecule has 3 aliphatic rings. The van der Waals surface area contributed by atoms with Gasteiger partial charge in [0.1, 0.15) is 0 Å². The number of pyridine rings is 1. The molecule has 8 heteroatoms. The first-order valence-electron chi connectivity index (χ1n) is 10.1. The lowest BCUT2D eigenvalue weighted by molar-refractivity contribution is 0.417. The highest BCUT2D eigenvalue weighted by atomic mass is 19.1. The number of nitrogens with zero attached hydrogens (tertiary/aromatic N) is 3. The van der Waals surface area contributed by atoms with Crippen molar-refractivity contribution in [1.82, 2.24) is 9.08 Å². The van der Waals surface area contributed by atoms with Gasteiger partial charge in [-0.2, -0.15) is 4.68 Å². The Morgan fingerprint density at radius 1 is 1.14 bits per heavy atom. The first-order valence-corrected chi connectivity index (χ1v) is 10.1. The van der Waals surface area contributed by atoms with E-state index in [-0.39, 0.29) is 12.0 Å². The summed E-state index contributed by atoms with van der Waals surface area (Å²) in [6.45, 7) is 3.24. The number of aromatic nitrogens is 2. The van der Waals surface area contributed by atoms with Gasteiger partial charge in [-0.1, -0.05) is 0 Å². The zero-order valence-electron chi connectivity index (χ0n) is 16.0. The molecule has 28 heavy (non-hydrogen) atoms. The van der Waals surface area contributed by atoms with E-state index in [2.05, 4.69) is 0 Å². The van der Waals surface area contributed by atoms with Crippen molar-refractivity contribution < 1.29 is 4.39 Å². The van der Waals surface area contributed by atoms with E-state index in [0.717, 1.165) is 25.8 Å². The van der Waals surface area contributed by atoms with E-state index in [1.54, 1.807) is 6.92 Å². The van der Waals surface area contributed by atoms with Crippen molar-refractivity contribution >= 4 is 11.2 Å². The average Bonchev–Trinajstić information content (AvgIpc) is 3.59. The van der Waals surface area contributed by atoms with Crippen LogP contribution in [0.4, 0.5) is 10.1 Å². The molecule has 3 heterocycles. The number of anilines is 1. The lowest BCUT2D eigenvalue weighted by Crippen LogP contribution is -2.44. The number of aryl methyl sites for hydroxylation is 1. The molecule has 5 rings (SSSR count). The Morgan fingerprint density at radius 2 is 1.86 bits per heavy atom. The molecule has 2 atom stereocenters. The van der Waals surface area contributed by atoms with E-state index < -0.39 is 17.1 Å². The number of nitrogens with two attached hydrogens (primary N) is 2. The summed E-state index contributed by atoms with van der Waals surface area (Å²) in [6.07, 6.45) is 6.28. The minimum atomic E-state index is -0.715. The van der Waals surface area contributed by atoms with Crippen LogP contribution in [-0.2, 0) is 0 Å². The van der Waals surface area contributed by atoms with Crippen LogP contribution in [0.25, 0.3) is 5.52 Å². The molecule has 0 aromatic carbocycles. The third kappa shape index (κ3) is 2.57. The molecular formula is C20H26FN5O2. The Kier molecular flexibility index (Phi) is 3.84. The Balaban J connectivity index is 1.64. The van der Waals surface area contributed by atoms with Gasteiger partial charge in [0.2, 0.25) is 0 Å². The van der Waals surface area contributed by atoms with E-state index in [4.69, 9.17) is 11.6 Å². The van der Waals surface area contributed by atoms with Crippen LogP contribution in [0.2, 0.25) is 0 Å². The normalized spacial score (nSPS) is 23.5. The predicted molar refractivity (Wildman–Crippen MR) is 106 cm³/mol. The van der Waals surface area contributed by atoms with Gasteiger partial charge in [-0.15, -0.1) is 0 Å². The van der Waals surface area contributed by atoms with Gasteiger partial charge in [-0.3, -0.25) is 9.20 Å². The van der Waals surface area contributed by atoms with E-state index in [0.29, 0.717) is 45.4 Å². The van der Waals surface area contributed by atoms with Gasteiger partial charge in [-0.25, -0.2) is 9.18 Å². The van der Waals surface area contributed by atoms with Crippen LogP contribution in [0.5, 0.6) is 0 Å². The topological polar surface area (TPSA) is 98.8 Å². The minimum absolute atomic E-state index is 0.0875. The molecule has 2 unspecified atom stereocenters. The van der Waals surface area contributed by atoms with Crippen molar-refractivity contribution in [3.8, 4) is 0 Å². The highest BCUT2D eigenvalue weighted by Crippen LogP contribution is 2.43. The number of rotatable bonds is 4. The lowest BCUT2D eigenvalue weighted by Gasteiger charge is -2.25. The molecule has 3 fully saturated rings. The van der Waals surface area contributed by atoms with Crippen LogP contribution in [0.1, 0.15) is 49.1 Å². The molecule has 150 valence electrons. The molecule has 1 saturated heterocycles. The van der Waals surface area contributed by atoms with Gasteiger partial charge >= 0.3 is 5.69 Å². The zero-order chi connectivity index (χ0) is 19.7. The second-order valence-electron chi connectivity index (χ2n) is 8.72. The average molecular weight is 387 g/mol. The summed E-state index contributed by atoms with van der Waals surface area (Å²) in [5, 5.41) is 0. The SMILES string of the molecule is Cc1c(N2CCC(C(N)C3CC3)C2)c(F)cn2c(=O)n(N)c(=O)c(C3CC3)c12. The number of nitrogen functional groups attached to an aromatic ring is 1. The van der Waals surface area contributed by atoms with Crippen molar-refractivity contribution in [3.05, 3.63) is 44.0 Å². The van der Waals surface area contributed by atoms with E-state index >= 15 is 4.39 Å². The Labute approximate surface area is 161 Å². The van der Waals surface area contributed by atoms with Crippen molar-refractivity contribution in [2.24, 2.45) is 17.6 Å². The predicted octanol–water partition coefficient (Wildman–Crippen LogP) is 1.06. The molecule has 2 aromatic rings. The largest absolute Gasteiger partial charge is 0.368 e. The molecule has 0 radical (unpaired) electrons. The van der Waals surface area contributed by atoms with Gasteiger partial charge in [0, 0.05) is 30.3 Å². The van der Waals surface area contributed by atoms with Crippen LogP contribution in [0.15, 0.2) is 15.8 Å². The summed E-state index contributed by atoms with van der Waals surface area (Å²) in [4.78, 5) is 27.2. The Bertz CT molecular complexity index is 1080. The van der Waals surface area contributed by atoms with Crippen molar-refractivity contribution in [1.29, 1.82) is 0 Å². The van der Waals surface area contributed by atoms with Crippen LogP contribution in [-0.4, -0.2) is 28.2 Å². The van der Waals surface area contributed by atoms with E-state index in [1.165, 1.54) is 23.4 Å². The third-order valence-electron chi connectivity index (χ3n) is 6.77. The third-order valence-corrected chi connectivity index (χ3v) is 6.77. The number of fused-ring (bicyclic) bond motifs is 1. The fourth-order valence-electron chi connectivity index (χ4n) is 4.93. The maximum atomic E-state index is 15.1. The quantitative estimate of drug-likeness (QED) is 0.765. The van der Waals surface area contributed by atoms with Crippen molar-refractivity contribution in [2.75, 3.05) is 23.8 Å². The smallest absolute Gasteiger partial charge is 0.354 e. The fraction of sp³-hybridized carbons (Fsp3) is 0.600. The van der Waals surface area contributed by atoms with Gasteiger partial charge < -0.3 is 16.5 Å². The molecule has 0 amide bonds. The number of halogens is 1. The highest BCUT2D eigenvalue weighted by molar-refractivity contribution is 5.72. The van der Waals surface area contributed by atoms with E-state index in [1.807, 2.05) is 4.90 Å². The Hall–Kier alpha value is -2.35. The first-order chi connectivity index (χ1) is 13.4. The number of hydrogen-bond donors (Lipinski definition) is 2. The van der Waals surface area contributed by atoms with Crippen LogP contribution < -0.4 is 27.7 Å². The van der Waals surface area contributed by atoms with Crippen molar-refractivity contribution in [2.45, 2.75) is 51.0 Å². The standard InChI is InChI=1S/C20H26FN5O2/c1-10-17(24-7-6-13(8-24)16(22)12-4-5-12)14(21)9-25-18(10)15(11-2-3-11)19(27)26(23)20(25)28/h9,11-13,16H,2-8,22-23H2,1H3. The maximum absolute atomic E-state index is 15.1. The molecule has 2 aliphatic carbocycles. The molecule has 0 bridgehead atoms. The molecule has 4 N–H and O–H groups in total. The van der Waals surface area contributed by atoms with Gasteiger partial charge in [0.15, 0.2) is 5.82 Å². The van der Waals surface area contributed by atoms with Crippen LogP contribution >= 0.6 is 0 Å². The highest BCUT2D eigenvalue weighted by Gasteiger charge is 2.38. The molecule has 0 spiro atoms. The van der Waals surface area contributed by atoms with Gasteiger partial charge in [0.05, 0.1) is 17.4 Å². The Morgan fingerprint density at radius 3 is 2.50 bits per heavy atom. The summed E-state index contributed by atoms with van der Waals surface area (Å²) in [6, 6.07) is 0.169. The minimum Gasteiger partial charge on any atom is -0.368 e. The van der Waals surface area contributed by atoms with Crippen molar-refractivity contribution in [3.63, 3.8) is 0 Å². The number of hydrogen-bond acceptors (Lipinski definition) is 5. The van der Waals surface area contributed by atoms with Gasteiger partial charge in [0.25, 0.3) is 5.56 Å². The van der Waals surface area contributed by atoms with E-state index in [9.17, 15) is 9.59 Å². The summed E-state index contributed by atoms with van der Waals surface area (Å²) < 4.78 is 16.9. The monoisotopic (exact) mass is 387 g/mol. The first kappa shape index (κ1) is 17.7. The maximum Gasteiger partial charge on any atom is 0.354 e. The van der Waals surface area contributed by atoms with Crippen LogP contribution in [0, 0.1) is 24.6 Å². The molecule has 2 saturated carbocycles. The molecule has 2 aromatic heterocycles. The molecule has 7 nitrogen and oxygen atoms in total. The lowest BCUT2D eigenvalue weighted by atomic mass is 9.96. The molecule has 1 aliphatic heterocycles. The summed E-state index contributed by atoms with van der Waals surface area (Å²) in [5.74, 6) is 6.27. The summed E-state index contributed by atoms with van der Waals surface area (Å²) in [5.41, 5.74) is 7.39. The van der Waals surface area contributed by atoms with Gasteiger partial charge in [-0.05, 0) is 56.8 Å². The summed E-state index contributed by atoms with van der Waals surface area (Å²) in [7, 11) is 0. The fourth-order valence-corrected chi connectivity index (χ4v) is 4.93. The molecular weight excluding hydrogens is 361 g/mol. The summed E-state index contributed by atoms with van der Waals surface area (Å²) >= 11 is 0.